The van der Waals surface area contributed by atoms with Crippen molar-refractivity contribution >= 4 is 45.6 Å². The zero-order chi connectivity index (χ0) is 20.0. The highest BCUT2D eigenvalue weighted by Gasteiger charge is 2.31. The summed E-state index contributed by atoms with van der Waals surface area (Å²) in [6, 6.07) is 18.1. The molecule has 1 fully saturated rings. The van der Waals surface area contributed by atoms with Crippen LogP contribution in [0, 0.1) is 6.92 Å². The zero-order valence-electron chi connectivity index (χ0n) is 16.8. The average molecular weight is 528 g/mol. The van der Waals surface area contributed by atoms with Crippen molar-refractivity contribution < 1.29 is 8.42 Å². The van der Waals surface area contributed by atoms with E-state index in [0.717, 1.165) is 24.1 Å². The molecule has 158 valence electrons. The van der Waals surface area contributed by atoms with Gasteiger partial charge in [-0.1, -0.05) is 48.0 Å². The van der Waals surface area contributed by atoms with Gasteiger partial charge in [0.15, 0.2) is 5.96 Å². The van der Waals surface area contributed by atoms with Crippen LogP contribution < -0.4 is 10.6 Å². The molecule has 0 aliphatic carbocycles. The lowest BCUT2D eigenvalue weighted by molar-refractivity contribution is 0.388. The van der Waals surface area contributed by atoms with Gasteiger partial charge in [-0.15, -0.1) is 24.0 Å². The number of hydrogen-bond donors (Lipinski definition) is 2. The fraction of sp³-hybridized carbons (Fsp3) is 0.381. The van der Waals surface area contributed by atoms with Crippen molar-refractivity contribution in [3.8, 4) is 0 Å². The van der Waals surface area contributed by atoms with E-state index in [-0.39, 0.29) is 30.0 Å². The van der Waals surface area contributed by atoms with E-state index in [4.69, 9.17) is 4.99 Å². The maximum Gasteiger partial charge on any atom is 0.211 e. The highest BCUT2D eigenvalue weighted by Crippen LogP contribution is 2.19. The number of rotatable bonds is 6. The first-order chi connectivity index (χ1) is 13.4. The highest BCUT2D eigenvalue weighted by atomic mass is 127. The van der Waals surface area contributed by atoms with Crippen molar-refractivity contribution in [1.29, 1.82) is 0 Å². The van der Waals surface area contributed by atoms with Gasteiger partial charge in [0.25, 0.3) is 0 Å². The Morgan fingerprint density at radius 2 is 1.83 bits per heavy atom. The molecule has 2 aromatic carbocycles. The molecule has 0 amide bonds. The van der Waals surface area contributed by atoms with Crippen LogP contribution in [0.25, 0.3) is 0 Å². The number of halogens is 1. The SMILES string of the molecule is Cc1ccc(CN=C(NC[C@H]2CCCN2S(C)(=O)=O)Nc2ccccc2)cc1.I. The number of benzene rings is 2. The molecule has 8 heteroatoms. The first kappa shape index (κ1) is 23.6. The van der Waals surface area contributed by atoms with Crippen molar-refractivity contribution in [3.05, 3.63) is 65.7 Å². The molecule has 0 unspecified atom stereocenters. The van der Waals surface area contributed by atoms with Gasteiger partial charge in [0.2, 0.25) is 10.0 Å². The van der Waals surface area contributed by atoms with E-state index in [1.807, 2.05) is 30.3 Å². The van der Waals surface area contributed by atoms with Crippen LogP contribution in [-0.2, 0) is 16.6 Å². The molecule has 1 aliphatic heterocycles. The minimum atomic E-state index is -3.18. The van der Waals surface area contributed by atoms with Crippen LogP contribution in [0.4, 0.5) is 5.69 Å². The minimum Gasteiger partial charge on any atom is -0.354 e. The third-order valence-electron chi connectivity index (χ3n) is 4.83. The molecule has 29 heavy (non-hydrogen) atoms. The van der Waals surface area contributed by atoms with Gasteiger partial charge in [0, 0.05) is 24.8 Å². The number of guanidine groups is 1. The van der Waals surface area contributed by atoms with Crippen molar-refractivity contribution in [1.82, 2.24) is 9.62 Å². The summed E-state index contributed by atoms with van der Waals surface area (Å²) in [5.41, 5.74) is 3.28. The van der Waals surface area contributed by atoms with Gasteiger partial charge in [-0.05, 0) is 37.5 Å². The molecule has 1 heterocycles. The number of nitrogens with one attached hydrogen (secondary N) is 2. The Labute approximate surface area is 190 Å². The van der Waals surface area contributed by atoms with Crippen LogP contribution >= 0.6 is 24.0 Å². The average Bonchev–Trinajstić information content (AvgIpc) is 3.15. The lowest BCUT2D eigenvalue weighted by Gasteiger charge is -2.23. The van der Waals surface area contributed by atoms with Gasteiger partial charge < -0.3 is 10.6 Å². The Balaban J connectivity index is 0.00000300. The van der Waals surface area contributed by atoms with Crippen molar-refractivity contribution in [2.45, 2.75) is 32.4 Å². The van der Waals surface area contributed by atoms with Gasteiger partial charge in [-0.25, -0.2) is 13.4 Å². The normalized spacial score (nSPS) is 17.6. The van der Waals surface area contributed by atoms with Crippen LogP contribution in [0.1, 0.15) is 24.0 Å². The van der Waals surface area contributed by atoms with E-state index < -0.39 is 10.0 Å². The van der Waals surface area contributed by atoms with Gasteiger partial charge in [0.1, 0.15) is 0 Å². The Morgan fingerprint density at radius 3 is 2.48 bits per heavy atom. The molecule has 1 aliphatic rings. The Morgan fingerprint density at radius 1 is 1.14 bits per heavy atom. The second-order valence-corrected chi connectivity index (χ2v) is 9.13. The number of nitrogens with zero attached hydrogens (tertiary/aromatic N) is 2. The summed E-state index contributed by atoms with van der Waals surface area (Å²) in [6.45, 7) is 3.72. The predicted molar refractivity (Wildman–Crippen MR) is 130 cm³/mol. The first-order valence-corrected chi connectivity index (χ1v) is 11.4. The summed E-state index contributed by atoms with van der Waals surface area (Å²) < 4.78 is 25.5. The molecule has 0 spiro atoms. The molecule has 2 aromatic rings. The topological polar surface area (TPSA) is 73.8 Å². The molecule has 6 nitrogen and oxygen atoms in total. The van der Waals surface area contributed by atoms with Crippen molar-refractivity contribution in [2.24, 2.45) is 4.99 Å². The van der Waals surface area contributed by atoms with E-state index in [0.29, 0.717) is 25.6 Å². The molecule has 0 saturated carbocycles. The van der Waals surface area contributed by atoms with E-state index in [1.54, 1.807) is 4.31 Å². The minimum absolute atomic E-state index is 0. The molecule has 3 rings (SSSR count). The monoisotopic (exact) mass is 528 g/mol. The molecular weight excluding hydrogens is 499 g/mol. The summed E-state index contributed by atoms with van der Waals surface area (Å²) in [7, 11) is -3.18. The number of sulfonamides is 1. The Kier molecular flexibility index (Phi) is 8.91. The van der Waals surface area contributed by atoms with Crippen molar-refractivity contribution in [3.63, 3.8) is 0 Å². The molecule has 0 bridgehead atoms. The maximum atomic E-state index is 12.0. The lowest BCUT2D eigenvalue weighted by atomic mass is 10.1. The molecule has 1 saturated heterocycles. The first-order valence-electron chi connectivity index (χ1n) is 9.54. The maximum absolute atomic E-state index is 12.0. The van der Waals surface area contributed by atoms with E-state index in [1.165, 1.54) is 11.8 Å². The van der Waals surface area contributed by atoms with Crippen LogP contribution in [0.15, 0.2) is 59.6 Å². The smallest absolute Gasteiger partial charge is 0.211 e. The Bertz CT molecular complexity index is 902. The molecular formula is C21H29IN4O2S. The molecule has 0 radical (unpaired) electrons. The fourth-order valence-electron chi connectivity index (χ4n) is 3.33. The third kappa shape index (κ3) is 7.27. The third-order valence-corrected chi connectivity index (χ3v) is 6.16. The number of aliphatic imine (C=N–C) groups is 1. The number of aryl methyl sites for hydroxylation is 1. The summed E-state index contributed by atoms with van der Waals surface area (Å²) >= 11 is 0. The fourth-order valence-corrected chi connectivity index (χ4v) is 4.51. The van der Waals surface area contributed by atoms with Crippen LogP contribution in [0.5, 0.6) is 0 Å². The van der Waals surface area contributed by atoms with Crippen LogP contribution in [0.2, 0.25) is 0 Å². The second kappa shape index (κ2) is 10.9. The van der Waals surface area contributed by atoms with Gasteiger partial charge >= 0.3 is 0 Å². The summed E-state index contributed by atoms with van der Waals surface area (Å²) in [4.78, 5) is 4.69. The predicted octanol–water partition coefficient (Wildman–Crippen LogP) is 3.59. The van der Waals surface area contributed by atoms with Gasteiger partial charge in [-0.3, -0.25) is 0 Å². The summed E-state index contributed by atoms with van der Waals surface area (Å²) in [6.07, 6.45) is 3.03. The summed E-state index contributed by atoms with van der Waals surface area (Å²) in [5.74, 6) is 0.645. The molecule has 1 atom stereocenters. The van der Waals surface area contributed by atoms with Crippen LogP contribution in [-0.4, -0.2) is 44.1 Å². The van der Waals surface area contributed by atoms with Gasteiger partial charge in [0.05, 0.1) is 12.8 Å². The quantitative estimate of drug-likeness (QED) is 0.342. The molecule has 2 N–H and O–H groups in total. The Hall–Kier alpha value is -1.65. The number of para-hydroxylation sites is 1. The number of anilines is 1. The van der Waals surface area contributed by atoms with E-state index >= 15 is 0 Å². The highest BCUT2D eigenvalue weighted by molar-refractivity contribution is 14.0. The molecule has 0 aromatic heterocycles. The van der Waals surface area contributed by atoms with Crippen molar-refractivity contribution in [2.75, 3.05) is 24.7 Å². The zero-order valence-corrected chi connectivity index (χ0v) is 20.0. The largest absolute Gasteiger partial charge is 0.354 e. The van der Waals surface area contributed by atoms with Gasteiger partial charge in [-0.2, -0.15) is 4.31 Å². The summed E-state index contributed by atoms with van der Waals surface area (Å²) in [5, 5.41) is 6.64. The van der Waals surface area contributed by atoms with Crippen LogP contribution in [0.3, 0.4) is 0 Å². The lowest BCUT2D eigenvalue weighted by Crippen LogP contribution is -2.44. The second-order valence-electron chi connectivity index (χ2n) is 7.19. The van der Waals surface area contributed by atoms with E-state index in [2.05, 4.69) is 41.8 Å². The standard InChI is InChI=1S/C21H28N4O2S.HI/c1-17-10-12-18(13-11-17)15-22-21(24-19-7-4-3-5-8-19)23-16-20-9-6-14-25(20)28(2,26)27;/h3-5,7-8,10-13,20H,6,9,14-16H2,1-2H3,(H2,22,23,24);1H/t20-;/m1./s1. The number of hydrogen-bond acceptors (Lipinski definition) is 3. The van der Waals surface area contributed by atoms with E-state index in [9.17, 15) is 8.42 Å².